The molecule has 3 rings (SSSR count). The highest BCUT2D eigenvalue weighted by Gasteiger charge is 2.14. The Balaban J connectivity index is 1.74. The number of aryl methyl sites for hydroxylation is 2. The van der Waals surface area contributed by atoms with Crippen molar-refractivity contribution >= 4 is 23.3 Å². The first-order chi connectivity index (χ1) is 12.0. The van der Waals surface area contributed by atoms with Gasteiger partial charge in [0.2, 0.25) is 0 Å². The molecule has 0 radical (unpaired) electrons. The van der Waals surface area contributed by atoms with E-state index in [4.69, 9.17) is 4.52 Å². The highest BCUT2D eigenvalue weighted by molar-refractivity contribution is 6.05. The minimum Gasteiger partial charge on any atom is -0.360 e. The Morgan fingerprint density at radius 2 is 1.60 bits per heavy atom. The summed E-state index contributed by atoms with van der Waals surface area (Å²) in [5.74, 6) is 0.00416. The molecule has 0 bridgehead atoms. The van der Waals surface area contributed by atoms with Gasteiger partial charge < -0.3 is 15.2 Å². The third-order valence-electron chi connectivity index (χ3n) is 3.36. The average molecular weight is 336 g/mol. The van der Waals surface area contributed by atoms with E-state index in [1.807, 2.05) is 25.1 Å². The number of pyridine rings is 1. The lowest BCUT2D eigenvalue weighted by molar-refractivity contribution is 0.101. The largest absolute Gasteiger partial charge is 0.360 e. The normalized spacial score (nSPS) is 10.3. The van der Waals surface area contributed by atoms with Crippen LogP contribution < -0.4 is 10.6 Å². The second-order valence-corrected chi connectivity index (χ2v) is 5.51. The van der Waals surface area contributed by atoms with Crippen molar-refractivity contribution in [2.45, 2.75) is 13.8 Å². The fourth-order valence-electron chi connectivity index (χ4n) is 2.21. The predicted molar refractivity (Wildman–Crippen MR) is 92.6 cm³/mol. The second-order valence-electron chi connectivity index (χ2n) is 5.51. The zero-order valence-electron chi connectivity index (χ0n) is 13.7. The number of benzene rings is 1. The summed E-state index contributed by atoms with van der Waals surface area (Å²) in [6.07, 6.45) is 0. The van der Waals surface area contributed by atoms with Gasteiger partial charge in [-0.2, -0.15) is 0 Å². The molecule has 0 unspecified atom stereocenters. The molecule has 3 aromatic rings. The monoisotopic (exact) mass is 336 g/mol. The van der Waals surface area contributed by atoms with Gasteiger partial charge in [-0.05, 0) is 43.7 Å². The van der Waals surface area contributed by atoms with Crippen molar-refractivity contribution in [1.82, 2.24) is 10.1 Å². The third kappa shape index (κ3) is 4.08. The van der Waals surface area contributed by atoms with E-state index in [1.165, 1.54) is 6.07 Å². The van der Waals surface area contributed by atoms with Crippen LogP contribution in [0, 0.1) is 13.8 Å². The Kier molecular flexibility index (Phi) is 4.56. The Hall–Kier alpha value is -3.48. The van der Waals surface area contributed by atoms with E-state index in [0.717, 1.165) is 5.56 Å². The number of rotatable bonds is 4. The fourth-order valence-corrected chi connectivity index (χ4v) is 2.21. The van der Waals surface area contributed by atoms with Crippen LogP contribution in [0.2, 0.25) is 0 Å². The van der Waals surface area contributed by atoms with Gasteiger partial charge in [0.05, 0.1) is 0 Å². The quantitative estimate of drug-likeness (QED) is 0.762. The van der Waals surface area contributed by atoms with Gasteiger partial charge in [0.25, 0.3) is 11.8 Å². The molecule has 0 spiro atoms. The summed E-state index contributed by atoms with van der Waals surface area (Å²) < 4.78 is 4.89. The number of hydrogen-bond donors (Lipinski definition) is 2. The molecular formula is C18H16N4O3. The topological polar surface area (TPSA) is 97.1 Å². The van der Waals surface area contributed by atoms with Crippen LogP contribution in [-0.2, 0) is 0 Å². The zero-order chi connectivity index (χ0) is 17.8. The van der Waals surface area contributed by atoms with Crippen molar-refractivity contribution < 1.29 is 14.1 Å². The van der Waals surface area contributed by atoms with Crippen molar-refractivity contribution in [2.75, 3.05) is 10.6 Å². The van der Waals surface area contributed by atoms with Crippen LogP contribution in [0.3, 0.4) is 0 Å². The third-order valence-corrected chi connectivity index (χ3v) is 3.36. The molecule has 2 amide bonds. The number of amides is 2. The highest BCUT2D eigenvalue weighted by Crippen LogP contribution is 2.12. The summed E-state index contributed by atoms with van der Waals surface area (Å²) in [7, 11) is 0. The number of carbonyl (C=O) groups is 2. The molecule has 0 fully saturated rings. The van der Waals surface area contributed by atoms with Gasteiger partial charge in [-0.1, -0.05) is 23.4 Å². The van der Waals surface area contributed by atoms with Crippen LogP contribution in [0.5, 0.6) is 0 Å². The van der Waals surface area contributed by atoms with Crippen molar-refractivity contribution in [3.05, 3.63) is 71.2 Å². The molecule has 2 heterocycles. The molecule has 0 atom stereocenters. The maximum atomic E-state index is 12.3. The molecule has 0 aliphatic carbocycles. The van der Waals surface area contributed by atoms with Gasteiger partial charge in [0, 0.05) is 11.8 Å². The number of anilines is 2. The lowest BCUT2D eigenvalue weighted by atomic mass is 10.2. The Morgan fingerprint density at radius 1 is 0.920 bits per heavy atom. The first kappa shape index (κ1) is 16.4. The summed E-state index contributed by atoms with van der Waals surface area (Å²) in [6.45, 7) is 3.65. The molecule has 0 saturated carbocycles. The molecule has 7 heteroatoms. The van der Waals surface area contributed by atoms with Gasteiger partial charge >= 0.3 is 0 Å². The molecule has 126 valence electrons. The fraction of sp³-hybridized carbons (Fsp3) is 0.111. The highest BCUT2D eigenvalue weighted by atomic mass is 16.5. The van der Waals surface area contributed by atoms with Crippen molar-refractivity contribution in [2.24, 2.45) is 0 Å². The van der Waals surface area contributed by atoms with Crippen LogP contribution in [0.1, 0.15) is 32.3 Å². The summed E-state index contributed by atoms with van der Waals surface area (Å²) in [5, 5.41) is 9.01. The van der Waals surface area contributed by atoms with Crippen LogP contribution in [0.4, 0.5) is 11.5 Å². The van der Waals surface area contributed by atoms with Crippen LogP contribution in [-0.4, -0.2) is 22.0 Å². The Morgan fingerprint density at radius 3 is 2.24 bits per heavy atom. The van der Waals surface area contributed by atoms with Gasteiger partial charge in [-0.15, -0.1) is 0 Å². The number of nitrogens with one attached hydrogen (secondary N) is 2. The molecule has 0 aliphatic heterocycles. The number of carbonyl (C=O) groups excluding carboxylic acids is 2. The van der Waals surface area contributed by atoms with Gasteiger partial charge in [0.15, 0.2) is 5.82 Å². The molecule has 0 saturated heterocycles. The van der Waals surface area contributed by atoms with Crippen molar-refractivity contribution in [3.63, 3.8) is 0 Å². The number of hydrogen-bond acceptors (Lipinski definition) is 5. The van der Waals surface area contributed by atoms with E-state index in [9.17, 15) is 9.59 Å². The Labute approximate surface area is 144 Å². The van der Waals surface area contributed by atoms with E-state index >= 15 is 0 Å². The summed E-state index contributed by atoms with van der Waals surface area (Å²) >= 11 is 0. The molecular weight excluding hydrogens is 320 g/mol. The smallest absolute Gasteiger partial charge is 0.275 e. The second kappa shape index (κ2) is 6.96. The molecule has 25 heavy (non-hydrogen) atoms. The molecule has 0 aliphatic rings. The lowest BCUT2D eigenvalue weighted by Crippen LogP contribution is -2.18. The van der Waals surface area contributed by atoms with E-state index < -0.39 is 11.8 Å². The summed E-state index contributed by atoms with van der Waals surface area (Å²) in [5.41, 5.74) is 1.95. The molecule has 2 N–H and O–H groups in total. The van der Waals surface area contributed by atoms with E-state index in [1.54, 1.807) is 31.2 Å². The first-order valence-corrected chi connectivity index (χ1v) is 7.61. The van der Waals surface area contributed by atoms with Crippen LogP contribution in [0.25, 0.3) is 0 Å². The standard InChI is InChI=1S/C18H16N4O3/c1-11-5-3-6-13(9-11)19-17(23)14-7-4-8-15(20-14)18(24)21-16-10-12(2)25-22-16/h3-10H,1-2H3,(H,19,23)(H,21,22,24). The van der Waals surface area contributed by atoms with Gasteiger partial charge in [-0.25, -0.2) is 4.98 Å². The Bertz CT molecular complexity index is 933. The van der Waals surface area contributed by atoms with E-state index in [-0.39, 0.29) is 11.4 Å². The van der Waals surface area contributed by atoms with Crippen molar-refractivity contribution in [3.8, 4) is 0 Å². The SMILES string of the molecule is Cc1cccc(NC(=O)c2cccc(C(=O)Nc3cc(C)on3)n2)c1. The van der Waals surface area contributed by atoms with E-state index in [0.29, 0.717) is 17.3 Å². The maximum Gasteiger partial charge on any atom is 0.275 e. The summed E-state index contributed by atoms with van der Waals surface area (Å²) in [4.78, 5) is 28.7. The minimum atomic E-state index is -0.474. The minimum absolute atomic E-state index is 0.109. The maximum absolute atomic E-state index is 12.3. The predicted octanol–water partition coefficient (Wildman–Crippen LogP) is 3.19. The first-order valence-electron chi connectivity index (χ1n) is 7.61. The number of aromatic nitrogens is 2. The van der Waals surface area contributed by atoms with Crippen LogP contribution >= 0.6 is 0 Å². The van der Waals surface area contributed by atoms with Gasteiger partial charge in [0.1, 0.15) is 17.1 Å². The zero-order valence-corrected chi connectivity index (χ0v) is 13.7. The lowest BCUT2D eigenvalue weighted by Gasteiger charge is -2.07. The molecule has 2 aromatic heterocycles. The molecule has 1 aromatic carbocycles. The van der Waals surface area contributed by atoms with Crippen molar-refractivity contribution in [1.29, 1.82) is 0 Å². The number of nitrogens with zero attached hydrogens (tertiary/aromatic N) is 2. The summed E-state index contributed by atoms with van der Waals surface area (Å²) in [6, 6.07) is 13.7. The van der Waals surface area contributed by atoms with Crippen LogP contribution in [0.15, 0.2) is 53.1 Å². The van der Waals surface area contributed by atoms with E-state index in [2.05, 4.69) is 20.8 Å². The molecule has 7 nitrogen and oxygen atoms in total. The van der Waals surface area contributed by atoms with Gasteiger partial charge in [-0.3, -0.25) is 9.59 Å². The average Bonchev–Trinajstić information content (AvgIpc) is 3.00.